The zero-order valence-electron chi connectivity index (χ0n) is 23.3. The predicted molar refractivity (Wildman–Crippen MR) is 150 cm³/mol. The second kappa shape index (κ2) is 12.2. The Labute approximate surface area is 233 Å². The summed E-state index contributed by atoms with van der Waals surface area (Å²) in [5.74, 6) is 6.74. The third-order valence-electron chi connectivity index (χ3n) is 6.52. The van der Waals surface area contributed by atoms with Gasteiger partial charge in [-0.15, -0.1) is 0 Å². The second-order valence-corrected chi connectivity index (χ2v) is 10.7. The molecule has 40 heavy (non-hydrogen) atoms. The molecule has 3 heterocycles. The number of nitrogens with one attached hydrogen (secondary N) is 1. The van der Waals surface area contributed by atoms with Crippen LogP contribution >= 0.6 is 0 Å². The number of esters is 1. The third-order valence-corrected chi connectivity index (χ3v) is 6.52. The van der Waals surface area contributed by atoms with Gasteiger partial charge >= 0.3 is 12.1 Å². The van der Waals surface area contributed by atoms with Crippen molar-refractivity contribution < 1.29 is 23.9 Å². The molecule has 0 unspecified atom stereocenters. The summed E-state index contributed by atoms with van der Waals surface area (Å²) in [5.41, 5.74) is 1.05. The van der Waals surface area contributed by atoms with Crippen LogP contribution in [0.25, 0.3) is 11.3 Å². The Kier molecular flexibility index (Phi) is 8.71. The number of nitrogens with zero attached hydrogens (tertiary/aromatic N) is 4. The Hall–Kier alpha value is -4.41. The minimum atomic E-state index is -0.574. The smallest absolute Gasteiger partial charge is 0.410 e. The van der Waals surface area contributed by atoms with E-state index in [9.17, 15) is 14.4 Å². The lowest BCUT2D eigenvalue weighted by molar-refractivity contribution is 0.0183. The Bertz CT molecular complexity index is 1340. The van der Waals surface area contributed by atoms with Gasteiger partial charge < -0.3 is 25.5 Å². The van der Waals surface area contributed by atoms with E-state index in [1.54, 1.807) is 60.5 Å². The van der Waals surface area contributed by atoms with Crippen LogP contribution in [0.1, 0.15) is 67.2 Å². The van der Waals surface area contributed by atoms with Crippen molar-refractivity contribution in [3.63, 3.8) is 0 Å². The van der Waals surface area contributed by atoms with Gasteiger partial charge in [0, 0.05) is 36.8 Å². The molecule has 1 fully saturated rings. The number of carbonyl (C=O) groups excluding carboxylic acids is 3. The largest absolute Gasteiger partial charge is 0.461 e. The maximum atomic E-state index is 12.9. The number of hydrogen-bond acceptors (Lipinski definition) is 8. The van der Waals surface area contributed by atoms with Crippen LogP contribution in [-0.2, 0) is 15.9 Å². The molecular formula is C29H36N6O5. The highest BCUT2D eigenvalue weighted by atomic mass is 16.6. The number of nitrogens with two attached hydrogens (primary N) is 1. The third kappa shape index (κ3) is 6.96. The van der Waals surface area contributed by atoms with Crippen LogP contribution in [0.3, 0.4) is 0 Å². The number of aromatic nitrogens is 3. The fraction of sp³-hybridized carbons (Fsp3) is 0.414. The number of hydrogen-bond donors (Lipinski definition) is 2. The van der Waals surface area contributed by atoms with Gasteiger partial charge in [-0.3, -0.25) is 4.79 Å². The van der Waals surface area contributed by atoms with Crippen LogP contribution in [0, 0.1) is 5.92 Å². The fourth-order valence-electron chi connectivity index (χ4n) is 4.53. The van der Waals surface area contributed by atoms with Crippen molar-refractivity contribution in [2.45, 2.75) is 52.6 Å². The number of imidazole rings is 1. The molecule has 1 aliphatic heterocycles. The number of rotatable bonds is 7. The average Bonchev–Trinajstić information content (AvgIpc) is 3.24. The lowest BCUT2D eigenvalue weighted by Gasteiger charge is -2.33. The lowest BCUT2D eigenvalue weighted by atomic mass is 9.93. The standard InChI is InChI=1S/C29H36N6O5/c1-5-39-27(37)25-24(20-9-11-21(12-10-20)26(36)32-22-8-6-7-15-31-22)33-23(35(25)30)18-19-13-16-34(17-14-19)28(38)40-29(2,3)4/h6-12,15,19H,5,13-14,16-18,30H2,1-4H3,(H,31,32,36). The highest BCUT2D eigenvalue weighted by Crippen LogP contribution is 2.28. The summed E-state index contributed by atoms with van der Waals surface area (Å²) in [6, 6.07) is 12.0. The molecule has 2 amide bonds. The first kappa shape index (κ1) is 28.6. The van der Waals surface area contributed by atoms with Gasteiger partial charge in [0.15, 0.2) is 5.69 Å². The van der Waals surface area contributed by atoms with Gasteiger partial charge in [0.25, 0.3) is 5.91 Å². The van der Waals surface area contributed by atoms with E-state index in [2.05, 4.69) is 10.3 Å². The number of benzene rings is 1. The molecule has 11 nitrogen and oxygen atoms in total. The van der Waals surface area contributed by atoms with E-state index < -0.39 is 11.6 Å². The van der Waals surface area contributed by atoms with Gasteiger partial charge in [-0.25, -0.2) is 24.2 Å². The summed E-state index contributed by atoms with van der Waals surface area (Å²) >= 11 is 0. The lowest BCUT2D eigenvalue weighted by Crippen LogP contribution is -2.42. The molecule has 0 atom stereocenters. The second-order valence-electron chi connectivity index (χ2n) is 10.7. The molecule has 212 valence electrons. The molecule has 1 saturated heterocycles. The van der Waals surface area contributed by atoms with Crippen LogP contribution in [0.4, 0.5) is 10.6 Å². The Morgan fingerprint density at radius 2 is 1.77 bits per heavy atom. The summed E-state index contributed by atoms with van der Waals surface area (Å²) in [4.78, 5) is 48.5. The topological polar surface area (TPSA) is 142 Å². The molecule has 1 aliphatic rings. The highest BCUT2D eigenvalue weighted by Gasteiger charge is 2.30. The first-order chi connectivity index (χ1) is 19.1. The van der Waals surface area contributed by atoms with Crippen molar-refractivity contribution in [1.29, 1.82) is 0 Å². The minimum Gasteiger partial charge on any atom is -0.461 e. The molecule has 3 N–H and O–H groups in total. The number of piperidine rings is 1. The van der Waals surface area contributed by atoms with E-state index in [4.69, 9.17) is 20.3 Å². The van der Waals surface area contributed by atoms with Crippen molar-refractivity contribution in [3.05, 3.63) is 65.7 Å². The number of ether oxygens (including phenoxy) is 2. The van der Waals surface area contributed by atoms with Gasteiger partial charge in [0.05, 0.1) is 6.61 Å². The first-order valence-electron chi connectivity index (χ1n) is 13.4. The molecule has 0 spiro atoms. The number of amides is 2. The monoisotopic (exact) mass is 548 g/mol. The number of pyridine rings is 1. The zero-order valence-corrected chi connectivity index (χ0v) is 23.3. The molecule has 3 aromatic rings. The SMILES string of the molecule is CCOC(=O)c1c(-c2ccc(C(=O)Nc3ccccn3)cc2)nc(CC2CCN(C(=O)OC(C)(C)C)CC2)n1N. The summed E-state index contributed by atoms with van der Waals surface area (Å²) in [6.07, 6.45) is 3.35. The molecule has 0 radical (unpaired) electrons. The Balaban J connectivity index is 1.50. The van der Waals surface area contributed by atoms with Crippen LogP contribution in [0.15, 0.2) is 48.7 Å². The first-order valence-corrected chi connectivity index (χ1v) is 13.4. The number of nitrogen functional groups attached to an aromatic ring is 1. The van der Waals surface area contributed by atoms with Gasteiger partial charge in [0.1, 0.15) is 22.9 Å². The number of anilines is 1. The van der Waals surface area contributed by atoms with E-state index >= 15 is 0 Å². The quantitative estimate of drug-likeness (QED) is 0.329. The summed E-state index contributed by atoms with van der Waals surface area (Å²) in [6.45, 7) is 8.61. The fourth-order valence-corrected chi connectivity index (χ4v) is 4.53. The van der Waals surface area contributed by atoms with Crippen molar-refractivity contribution in [3.8, 4) is 11.3 Å². The maximum absolute atomic E-state index is 12.9. The van der Waals surface area contributed by atoms with Crippen molar-refractivity contribution in [2.24, 2.45) is 5.92 Å². The van der Waals surface area contributed by atoms with Gasteiger partial charge in [-0.1, -0.05) is 18.2 Å². The average molecular weight is 549 g/mol. The van der Waals surface area contributed by atoms with E-state index in [0.29, 0.717) is 48.0 Å². The molecule has 1 aromatic carbocycles. The van der Waals surface area contributed by atoms with E-state index in [1.807, 2.05) is 20.8 Å². The summed E-state index contributed by atoms with van der Waals surface area (Å²) < 4.78 is 12.1. The Morgan fingerprint density at radius 3 is 2.38 bits per heavy atom. The highest BCUT2D eigenvalue weighted by molar-refractivity contribution is 6.04. The molecule has 0 saturated carbocycles. The van der Waals surface area contributed by atoms with Crippen molar-refractivity contribution in [1.82, 2.24) is 19.5 Å². The van der Waals surface area contributed by atoms with Gasteiger partial charge in [-0.2, -0.15) is 0 Å². The number of carbonyl (C=O) groups is 3. The van der Waals surface area contributed by atoms with Crippen molar-refractivity contribution in [2.75, 3.05) is 30.9 Å². The van der Waals surface area contributed by atoms with Crippen LogP contribution in [0.5, 0.6) is 0 Å². The predicted octanol–water partition coefficient (Wildman–Crippen LogP) is 4.28. The van der Waals surface area contributed by atoms with Gasteiger partial charge in [0.2, 0.25) is 0 Å². The van der Waals surface area contributed by atoms with E-state index in [1.165, 1.54) is 4.68 Å². The molecule has 2 aromatic heterocycles. The summed E-state index contributed by atoms with van der Waals surface area (Å²) in [5, 5.41) is 2.75. The minimum absolute atomic E-state index is 0.147. The van der Waals surface area contributed by atoms with Crippen LogP contribution in [0.2, 0.25) is 0 Å². The number of likely N-dealkylation sites (tertiary alicyclic amines) is 1. The summed E-state index contributed by atoms with van der Waals surface area (Å²) in [7, 11) is 0. The molecule has 11 heteroatoms. The van der Waals surface area contributed by atoms with E-state index in [-0.39, 0.29) is 30.2 Å². The van der Waals surface area contributed by atoms with E-state index in [0.717, 1.165) is 12.8 Å². The van der Waals surface area contributed by atoms with Gasteiger partial charge in [-0.05, 0) is 70.7 Å². The maximum Gasteiger partial charge on any atom is 0.410 e. The normalized spacial score (nSPS) is 14.1. The molecule has 4 rings (SSSR count). The van der Waals surface area contributed by atoms with Crippen LogP contribution < -0.4 is 11.2 Å². The molecule has 0 aliphatic carbocycles. The Morgan fingerprint density at radius 1 is 1.07 bits per heavy atom. The zero-order chi connectivity index (χ0) is 28.9. The van der Waals surface area contributed by atoms with Crippen molar-refractivity contribution >= 4 is 23.8 Å². The molecule has 0 bridgehead atoms. The molecular weight excluding hydrogens is 512 g/mol. The van der Waals surface area contributed by atoms with Crippen LogP contribution in [-0.4, -0.2) is 62.8 Å².